The highest BCUT2D eigenvalue weighted by Crippen LogP contribution is 2.04. The summed E-state index contributed by atoms with van der Waals surface area (Å²) in [6.07, 6.45) is 3.25. The van der Waals surface area contributed by atoms with E-state index in [0.717, 1.165) is 5.56 Å². The van der Waals surface area contributed by atoms with Gasteiger partial charge in [-0.1, -0.05) is 42.5 Å². The lowest BCUT2D eigenvalue weighted by molar-refractivity contribution is 0.0697. The molecule has 3 rings (SSSR count). The van der Waals surface area contributed by atoms with Gasteiger partial charge in [0, 0.05) is 14.1 Å². The largest absolute Gasteiger partial charge is 0.478 e. The van der Waals surface area contributed by atoms with E-state index in [1.54, 1.807) is 38.4 Å². The average molecular weight is 362 g/mol. The first-order valence-corrected chi connectivity index (χ1v) is 8.26. The van der Waals surface area contributed by atoms with E-state index >= 15 is 0 Å². The van der Waals surface area contributed by atoms with Crippen LogP contribution in [0.3, 0.4) is 0 Å². The second-order valence-corrected chi connectivity index (χ2v) is 6.13. The van der Waals surface area contributed by atoms with Gasteiger partial charge in [-0.25, -0.2) is 4.79 Å². The van der Waals surface area contributed by atoms with Crippen LogP contribution >= 0.6 is 0 Å². The van der Waals surface area contributed by atoms with E-state index in [4.69, 9.17) is 5.11 Å². The number of hydrogen-bond acceptors (Lipinski definition) is 3. The van der Waals surface area contributed by atoms with Crippen LogP contribution in [0, 0.1) is 0 Å². The molecule has 0 aliphatic carbocycles. The predicted molar refractivity (Wildman–Crippen MR) is 103 cm³/mol. The van der Waals surface area contributed by atoms with Gasteiger partial charge in [0.2, 0.25) is 0 Å². The molecule has 0 radical (unpaired) electrons. The number of rotatable bonds is 3. The zero-order valence-electron chi connectivity index (χ0n) is 14.9. The Labute approximate surface area is 154 Å². The van der Waals surface area contributed by atoms with Crippen LogP contribution in [0.25, 0.3) is 12.2 Å². The van der Waals surface area contributed by atoms with Crippen molar-refractivity contribution in [3.63, 3.8) is 0 Å². The molecule has 6 nitrogen and oxygen atoms in total. The number of benzene rings is 2. The number of carboxylic acids is 1. The lowest BCUT2D eigenvalue weighted by Gasteiger charge is -2.05. The highest BCUT2D eigenvalue weighted by molar-refractivity contribution is 5.87. The van der Waals surface area contributed by atoms with Crippen molar-refractivity contribution in [2.45, 2.75) is 0 Å². The van der Waals surface area contributed by atoms with E-state index in [9.17, 15) is 14.4 Å². The third kappa shape index (κ3) is 3.64. The highest BCUT2D eigenvalue weighted by Gasteiger charge is 2.06. The van der Waals surface area contributed by atoms with Gasteiger partial charge >= 0.3 is 5.97 Å². The van der Waals surface area contributed by atoms with Crippen molar-refractivity contribution in [2.24, 2.45) is 14.1 Å². The van der Waals surface area contributed by atoms with E-state index in [0.29, 0.717) is 5.56 Å². The van der Waals surface area contributed by atoms with E-state index < -0.39 is 5.97 Å². The summed E-state index contributed by atoms with van der Waals surface area (Å²) in [5, 5.41) is 9.47. The summed E-state index contributed by atoms with van der Waals surface area (Å²) in [5.74, 6) is -1.02. The lowest BCUT2D eigenvalue weighted by Crippen LogP contribution is -2.56. The molecule has 0 amide bonds. The van der Waals surface area contributed by atoms with Gasteiger partial charge in [-0.05, 0) is 35.4 Å². The standard InChI is InChI=1S/C21H18N2O4/c1-22-17(12-14-6-4-3-5-7-14)19(24)23(2)18(20(22)25)13-15-8-10-16(11-9-15)21(26)27/h3-13H,1-2H3,(H,26,27)/b17-12-,18-13-. The zero-order valence-corrected chi connectivity index (χ0v) is 14.9. The molecule has 1 aromatic heterocycles. The Morgan fingerprint density at radius 3 is 1.67 bits per heavy atom. The Balaban J connectivity index is 2.22. The molecule has 0 spiro atoms. The van der Waals surface area contributed by atoms with E-state index in [1.807, 2.05) is 30.3 Å². The molecule has 0 fully saturated rings. The lowest BCUT2D eigenvalue weighted by atomic mass is 10.1. The maximum absolute atomic E-state index is 12.8. The van der Waals surface area contributed by atoms with E-state index in [1.165, 1.54) is 21.3 Å². The van der Waals surface area contributed by atoms with Crippen LogP contribution in [0.2, 0.25) is 0 Å². The maximum Gasteiger partial charge on any atom is 0.335 e. The Bertz CT molecular complexity index is 1230. The molecule has 0 aliphatic rings. The van der Waals surface area contributed by atoms with Crippen LogP contribution in [0.5, 0.6) is 0 Å². The zero-order chi connectivity index (χ0) is 19.6. The van der Waals surface area contributed by atoms with Gasteiger partial charge in [0.1, 0.15) is 10.7 Å². The minimum atomic E-state index is -1.02. The number of carbonyl (C=O) groups is 1. The summed E-state index contributed by atoms with van der Waals surface area (Å²) in [5.41, 5.74) is 0.996. The fourth-order valence-corrected chi connectivity index (χ4v) is 2.75. The normalized spacial score (nSPS) is 12.4. The Morgan fingerprint density at radius 1 is 0.778 bits per heavy atom. The minimum absolute atomic E-state index is 0.154. The molecule has 27 heavy (non-hydrogen) atoms. The third-order valence-electron chi connectivity index (χ3n) is 4.33. The first-order chi connectivity index (χ1) is 12.9. The quantitative estimate of drug-likeness (QED) is 0.733. The fraction of sp³-hybridized carbons (Fsp3) is 0.0952. The number of aromatic nitrogens is 2. The number of carboxylic acid groups (broad SMARTS) is 1. The molecular formula is C21H18N2O4. The van der Waals surface area contributed by atoms with Gasteiger partial charge in [-0.2, -0.15) is 0 Å². The smallest absolute Gasteiger partial charge is 0.335 e. The van der Waals surface area contributed by atoms with Crippen LogP contribution in [-0.2, 0) is 14.1 Å². The fourth-order valence-electron chi connectivity index (χ4n) is 2.75. The van der Waals surface area contributed by atoms with Crippen molar-refractivity contribution in [1.82, 2.24) is 9.13 Å². The molecule has 0 saturated carbocycles. The summed E-state index contributed by atoms with van der Waals surface area (Å²) in [6, 6.07) is 15.4. The van der Waals surface area contributed by atoms with Gasteiger partial charge in [0.05, 0.1) is 5.56 Å². The summed E-state index contributed by atoms with van der Waals surface area (Å²) >= 11 is 0. The molecular weight excluding hydrogens is 344 g/mol. The van der Waals surface area contributed by atoms with Gasteiger partial charge in [-0.3, -0.25) is 9.59 Å². The van der Waals surface area contributed by atoms with Crippen LogP contribution in [0.1, 0.15) is 21.5 Å². The molecule has 2 aromatic carbocycles. The van der Waals surface area contributed by atoms with Gasteiger partial charge in [-0.15, -0.1) is 0 Å². The molecule has 0 unspecified atom stereocenters. The second kappa shape index (κ2) is 7.29. The van der Waals surface area contributed by atoms with Crippen molar-refractivity contribution in [2.75, 3.05) is 0 Å². The Hall–Kier alpha value is -3.67. The van der Waals surface area contributed by atoms with Gasteiger partial charge < -0.3 is 14.2 Å². The molecule has 6 heteroatoms. The Morgan fingerprint density at radius 2 is 1.22 bits per heavy atom. The molecule has 3 aromatic rings. The minimum Gasteiger partial charge on any atom is -0.478 e. The molecule has 1 N–H and O–H groups in total. The van der Waals surface area contributed by atoms with Crippen molar-refractivity contribution in [1.29, 1.82) is 0 Å². The third-order valence-corrected chi connectivity index (χ3v) is 4.33. The molecule has 0 bridgehead atoms. The Kier molecular flexibility index (Phi) is 4.90. The number of nitrogens with zero attached hydrogens (tertiary/aromatic N) is 2. The second-order valence-electron chi connectivity index (χ2n) is 6.13. The molecule has 136 valence electrons. The summed E-state index contributed by atoms with van der Waals surface area (Å²) in [4.78, 5) is 36.5. The molecule has 0 atom stereocenters. The van der Waals surface area contributed by atoms with Crippen molar-refractivity contribution >= 4 is 18.1 Å². The van der Waals surface area contributed by atoms with Gasteiger partial charge in [0.15, 0.2) is 0 Å². The predicted octanol–water partition coefficient (Wildman–Crippen LogP) is 0.440. The highest BCUT2D eigenvalue weighted by atomic mass is 16.4. The number of aromatic carboxylic acids is 1. The van der Waals surface area contributed by atoms with Crippen LogP contribution in [0.15, 0.2) is 64.2 Å². The van der Waals surface area contributed by atoms with Crippen molar-refractivity contribution < 1.29 is 9.90 Å². The molecule has 0 saturated heterocycles. The summed E-state index contributed by atoms with van der Waals surface area (Å²) < 4.78 is 2.63. The number of hydrogen-bond donors (Lipinski definition) is 1. The van der Waals surface area contributed by atoms with Crippen LogP contribution < -0.4 is 21.8 Å². The van der Waals surface area contributed by atoms with Crippen molar-refractivity contribution in [3.05, 3.63) is 103 Å². The first-order valence-electron chi connectivity index (χ1n) is 8.26. The van der Waals surface area contributed by atoms with Gasteiger partial charge in [0.25, 0.3) is 11.1 Å². The monoisotopic (exact) mass is 362 g/mol. The topological polar surface area (TPSA) is 81.3 Å². The molecule has 1 heterocycles. The maximum atomic E-state index is 12.8. The summed E-state index contributed by atoms with van der Waals surface area (Å²) in [6.45, 7) is 0. The van der Waals surface area contributed by atoms with Crippen molar-refractivity contribution in [3.8, 4) is 0 Å². The van der Waals surface area contributed by atoms with E-state index in [-0.39, 0.29) is 27.4 Å². The van der Waals surface area contributed by atoms with Crippen LogP contribution in [-0.4, -0.2) is 20.2 Å². The first kappa shape index (κ1) is 18.1. The summed E-state index contributed by atoms with van der Waals surface area (Å²) in [7, 11) is 3.10. The SMILES string of the molecule is Cn1c(=O)/c(=C/c2ccc(C(=O)O)cc2)n(C)c(=O)/c1=C/c1ccccc1. The van der Waals surface area contributed by atoms with Crippen LogP contribution in [0.4, 0.5) is 0 Å². The van der Waals surface area contributed by atoms with E-state index in [2.05, 4.69) is 0 Å². The molecule has 0 aliphatic heterocycles. The average Bonchev–Trinajstić information content (AvgIpc) is 2.68.